The minimum atomic E-state index is 0.695. The predicted molar refractivity (Wildman–Crippen MR) is 85.3 cm³/mol. The number of para-hydroxylation sites is 1. The van der Waals surface area contributed by atoms with E-state index in [9.17, 15) is 0 Å². The van der Waals surface area contributed by atoms with Crippen LogP contribution >= 0.6 is 15.9 Å². The van der Waals surface area contributed by atoms with Crippen molar-refractivity contribution in [3.63, 3.8) is 0 Å². The molecule has 0 unspecified atom stereocenters. The van der Waals surface area contributed by atoms with Crippen molar-refractivity contribution in [3.05, 3.63) is 58.1 Å². The molecule has 1 aliphatic rings. The molecule has 0 radical (unpaired) electrons. The Morgan fingerprint density at radius 3 is 2.70 bits per heavy atom. The Kier molecular flexibility index (Phi) is 4.08. The van der Waals surface area contributed by atoms with Gasteiger partial charge in [0.2, 0.25) is 0 Å². The maximum Gasteiger partial charge on any atom is 0.132 e. The lowest BCUT2D eigenvalue weighted by Crippen LogP contribution is -2.15. The van der Waals surface area contributed by atoms with Crippen LogP contribution in [0.5, 0.6) is 11.5 Å². The molecule has 2 aromatic carbocycles. The average molecular weight is 332 g/mol. The van der Waals surface area contributed by atoms with E-state index >= 15 is 0 Å². The molecule has 0 atom stereocenters. The van der Waals surface area contributed by atoms with Crippen LogP contribution in [-0.4, -0.2) is 6.04 Å². The van der Waals surface area contributed by atoms with Crippen molar-refractivity contribution < 1.29 is 4.74 Å². The van der Waals surface area contributed by atoms with Crippen LogP contribution in [0.4, 0.5) is 0 Å². The molecule has 0 amide bonds. The Morgan fingerprint density at radius 2 is 1.95 bits per heavy atom. The highest BCUT2D eigenvalue weighted by atomic mass is 79.9. The van der Waals surface area contributed by atoms with E-state index in [2.05, 4.69) is 40.3 Å². The van der Waals surface area contributed by atoms with Gasteiger partial charge in [0.1, 0.15) is 11.5 Å². The fourth-order valence-electron chi connectivity index (χ4n) is 2.12. The van der Waals surface area contributed by atoms with Gasteiger partial charge in [0.15, 0.2) is 0 Å². The van der Waals surface area contributed by atoms with Gasteiger partial charge in [-0.05, 0) is 49.6 Å². The van der Waals surface area contributed by atoms with Gasteiger partial charge in [0.05, 0.1) is 0 Å². The minimum Gasteiger partial charge on any atom is -0.457 e. The monoisotopic (exact) mass is 331 g/mol. The second-order valence-corrected chi connectivity index (χ2v) is 6.19. The lowest BCUT2D eigenvalue weighted by Gasteiger charge is -2.14. The quantitative estimate of drug-likeness (QED) is 0.849. The Hall–Kier alpha value is -1.32. The molecule has 1 saturated carbocycles. The number of rotatable bonds is 5. The maximum absolute atomic E-state index is 6.09. The van der Waals surface area contributed by atoms with Crippen molar-refractivity contribution in [2.24, 2.45) is 0 Å². The number of hydrogen-bond donors (Lipinski definition) is 1. The predicted octanol–water partition coefficient (Wildman–Crippen LogP) is 4.80. The van der Waals surface area contributed by atoms with Crippen LogP contribution in [0.25, 0.3) is 0 Å². The summed E-state index contributed by atoms with van der Waals surface area (Å²) in [5.41, 5.74) is 2.34. The van der Waals surface area contributed by atoms with E-state index < -0.39 is 0 Å². The summed E-state index contributed by atoms with van der Waals surface area (Å²) in [5, 5.41) is 3.54. The highest BCUT2D eigenvalue weighted by Gasteiger charge is 2.20. The largest absolute Gasteiger partial charge is 0.457 e. The first-order valence-corrected chi connectivity index (χ1v) is 7.77. The van der Waals surface area contributed by atoms with Gasteiger partial charge in [0.25, 0.3) is 0 Å². The summed E-state index contributed by atoms with van der Waals surface area (Å²) in [6.07, 6.45) is 2.59. The van der Waals surface area contributed by atoms with Crippen molar-refractivity contribution in [3.8, 4) is 11.5 Å². The summed E-state index contributed by atoms with van der Waals surface area (Å²) in [4.78, 5) is 0. The third-order valence-corrected chi connectivity index (χ3v) is 3.99. The first-order chi connectivity index (χ1) is 9.72. The fourth-order valence-corrected chi connectivity index (χ4v) is 2.53. The number of hydrogen-bond acceptors (Lipinski definition) is 2. The molecule has 1 fully saturated rings. The van der Waals surface area contributed by atoms with Crippen molar-refractivity contribution in [2.75, 3.05) is 0 Å². The summed E-state index contributed by atoms with van der Waals surface area (Å²) in [6.45, 7) is 2.92. The highest BCUT2D eigenvalue weighted by Crippen LogP contribution is 2.30. The molecular formula is C17H18BrNO. The molecule has 20 heavy (non-hydrogen) atoms. The number of aryl methyl sites for hydroxylation is 1. The van der Waals surface area contributed by atoms with Crippen LogP contribution in [0.3, 0.4) is 0 Å². The van der Waals surface area contributed by atoms with Gasteiger partial charge in [-0.15, -0.1) is 0 Å². The molecule has 0 saturated heterocycles. The van der Waals surface area contributed by atoms with E-state index in [1.54, 1.807) is 0 Å². The molecule has 0 bridgehead atoms. The van der Waals surface area contributed by atoms with E-state index in [0.29, 0.717) is 6.04 Å². The zero-order valence-electron chi connectivity index (χ0n) is 11.5. The number of benzene rings is 2. The van der Waals surface area contributed by atoms with Crippen LogP contribution in [0.15, 0.2) is 46.9 Å². The van der Waals surface area contributed by atoms with Crippen LogP contribution < -0.4 is 10.1 Å². The molecule has 104 valence electrons. The standard InChI is InChI=1S/C17H18BrNO/c1-12-4-2-3-5-16(12)20-17-9-6-14(18)10-13(17)11-19-15-7-8-15/h2-6,9-10,15,19H,7-8,11H2,1H3. The summed E-state index contributed by atoms with van der Waals surface area (Å²) in [5.74, 6) is 1.85. The molecule has 0 aromatic heterocycles. The maximum atomic E-state index is 6.09. The Bertz CT molecular complexity index is 608. The summed E-state index contributed by atoms with van der Waals surface area (Å²) >= 11 is 3.54. The van der Waals surface area contributed by atoms with E-state index in [1.807, 2.05) is 30.3 Å². The molecule has 1 aliphatic carbocycles. The lowest BCUT2D eigenvalue weighted by molar-refractivity contribution is 0.469. The van der Waals surface area contributed by atoms with Gasteiger partial charge >= 0.3 is 0 Å². The van der Waals surface area contributed by atoms with Gasteiger partial charge in [-0.3, -0.25) is 0 Å². The second-order valence-electron chi connectivity index (χ2n) is 5.27. The van der Waals surface area contributed by atoms with E-state index in [0.717, 1.165) is 28.1 Å². The van der Waals surface area contributed by atoms with Gasteiger partial charge in [0, 0.05) is 22.6 Å². The smallest absolute Gasteiger partial charge is 0.132 e. The third kappa shape index (κ3) is 3.41. The average Bonchev–Trinajstić information content (AvgIpc) is 3.25. The molecule has 3 heteroatoms. The molecular weight excluding hydrogens is 314 g/mol. The SMILES string of the molecule is Cc1ccccc1Oc1ccc(Br)cc1CNC1CC1. The van der Waals surface area contributed by atoms with Gasteiger partial charge in [-0.2, -0.15) is 0 Å². The van der Waals surface area contributed by atoms with E-state index in [1.165, 1.54) is 18.4 Å². The lowest BCUT2D eigenvalue weighted by atomic mass is 10.2. The molecule has 2 aromatic rings. The topological polar surface area (TPSA) is 21.3 Å². The van der Waals surface area contributed by atoms with Gasteiger partial charge in [-0.25, -0.2) is 0 Å². The molecule has 0 aliphatic heterocycles. The van der Waals surface area contributed by atoms with Crippen LogP contribution in [0, 0.1) is 6.92 Å². The van der Waals surface area contributed by atoms with Crippen molar-refractivity contribution >= 4 is 15.9 Å². The molecule has 1 N–H and O–H groups in total. The summed E-state index contributed by atoms with van der Waals surface area (Å²) < 4.78 is 7.17. The summed E-state index contributed by atoms with van der Waals surface area (Å²) in [7, 11) is 0. The number of ether oxygens (including phenoxy) is 1. The Labute approximate surface area is 128 Å². The van der Waals surface area contributed by atoms with E-state index in [4.69, 9.17) is 4.74 Å². The van der Waals surface area contributed by atoms with Crippen LogP contribution in [0.1, 0.15) is 24.0 Å². The zero-order chi connectivity index (χ0) is 13.9. The molecule has 2 nitrogen and oxygen atoms in total. The Morgan fingerprint density at radius 1 is 1.15 bits per heavy atom. The minimum absolute atomic E-state index is 0.695. The molecule has 0 spiro atoms. The van der Waals surface area contributed by atoms with Gasteiger partial charge < -0.3 is 10.1 Å². The normalized spacial score (nSPS) is 14.3. The first kappa shape index (κ1) is 13.7. The third-order valence-electron chi connectivity index (χ3n) is 3.49. The van der Waals surface area contributed by atoms with Crippen LogP contribution in [-0.2, 0) is 6.54 Å². The van der Waals surface area contributed by atoms with Crippen molar-refractivity contribution in [1.29, 1.82) is 0 Å². The fraction of sp³-hybridized carbons (Fsp3) is 0.294. The molecule has 0 heterocycles. The molecule has 3 rings (SSSR count). The second kappa shape index (κ2) is 5.98. The van der Waals surface area contributed by atoms with Crippen molar-refractivity contribution in [1.82, 2.24) is 5.32 Å². The number of nitrogens with one attached hydrogen (secondary N) is 1. The Balaban J connectivity index is 1.82. The number of halogens is 1. The first-order valence-electron chi connectivity index (χ1n) is 6.97. The summed E-state index contributed by atoms with van der Waals surface area (Å²) in [6, 6.07) is 15.0. The van der Waals surface area contributed by atoms with Crippen LogP contribution in [0.2, 0.25) is 0 Å². The highest BCUT2D eigenvalue weighted by molar-refractivity contribution is 9.10. The van der Waals surface area contributed by atoms with Gasteiger partial charge in [-0.1, -0.05) is 34.1 Å². The van der Waals surface area contributed by atoms with E-state index in [-0.39, 0.29) is 0 Å². The zero-order valence-corrected chi connectivity index (χ0v) is 13.1. The van der Waals surface area contributed by atoms with Crippen molar-refractivity contribution in [2.45, 2.75) is 32.4 Å².